The van der Waals surface area contributed by atoms with E-state index in [0.29, 0.717) is 17.8 Å². The predicted octanol–water partition coefficient (Wildman–Crippen LogP) is 2.29. The molecule has 3 amide bonds. The molecule has 0 saturated carbocycles. The summed E-state index contributed by atoms with van der Waals surface area (Å²) in [7, 11) is 0. The van der Waals surface area contributed by atoms with Gasteiger partial charge in [-0.3, -0.25) is 14.9 Å². The lowest BCUT2D eigenvalue weighted by atomic mass is 10.2. The molecule has 0 fully saturated rings. The maximum Gasteiger partial charge on any atom is 0.412 e. The van der Waals surface area contributed by atoms with Gasteiger partial charge in [0.25, 0.3) is 5.91 Å². The average molecular weight is 335 g/mol. The molecular weight excluding hydrogens is 310 g/mol. The van der Waals surface area contributed by atoms with E-state index in [-0.39, 0.29) is 12.5 Å². The molecule has 7 heteroatoms. The molecule has 0 aliphatic carbocycles. The van der Waals surface area contributed by atoms with Crippen molar-refractivity contribution in [3.8, 4) is 0 Å². The summed E-state index contributed by atoms with van der Waals surface area (Å²) < 4.78 is 5.15. The largest absolute Gasteiger partial charge is 0.444 e. The van der Waals surface area contributed by atoms with Gasteiger partial charge in [0.2, 0.25) is 5.91 Å². The number of hydrogen-bond donors (Lipinski definition) is 3. The third-order valence-electron chi connectivity index (χ3n) is 2.75. The van der Waals surface area contributed by atoms with Crippen LogP contribution in [0, 0.1) is 0 Å². The minimum absolute atomic E-state index is 0.0947. The van der Waals surface area contributed by atoms with Gasteiger partial charge in [0.15, 0.2) is 0 Å². The molecule has 132 valence electrons. The molecule has 7 nitrogen and oxygen atoms in total. The fraction of sp³-hybridized carbons (Fsp3) is 0.471. The van der Waals surface area contributed by atoms with Crippen LogP contribution >= 0.6 is 0 Å². The highest BCUT2D eigenvalue weighted by molar-refractivity contribution is 5.98. The summed E-state index contributed by atoms with van der Waals surface area (Å²) in [6, 6.07) is 6.40. The van der Waals surface area contributed by atoms with Gasteiger partial charge in [-0.1, -0.05) is 13.0 Å². The second-order valence-corrected chi connectivity index (χ2v) is 6.24. The van der Waals surface area contributed by atoms with Crippen molar-refractivity contribution in [2.75, 3.05) is 18.4 Å². The van der Waals surface area contributed by atoms with E-state index in [9.17, 15) is 14.4 Å². The van der Waals surface area contributed by atoms with Gasteiger partial charge in [0.1, 0.15) is 5.60 Å². The second kappa shape index (κ2) is 8.90. The van der Waals surface area contributed by atoms with Crippen LogP contribution in [0.4, 0.5) is 10.5 Å². The van der Waals surface area contributed by atoms with Crippen molar-refractivity contribution in [2.24, 2.45) is 0 Å². The molecule has 0 atom stereocenters. The summed E-state index contributed by atoms with van der Waals surface area (Å²) in [6.45, 7) is 7.72. The first-order chi connectivity index (χ1) is 11.2. The number of hydrogen-bond acceptors (Lipinski definition) is 4. The molecular formula is C17H25N3O4. The van der Waals surface area contributed by atoms with Gasteiger partial charge in [0.05, 0.1) is 6.54 Å². The number of rotatable bonds is 6. The first-order valence-corrected chi connectivity index (χ1v) is 7.86. The Morgan fingerprint density at radius 3 is 2.46 bits per heavy atom. The zero-order valence-corrected chi connectivity index (χ0v) is 14.6. The van der Waals surface area contributed by atoms with E-state index in [0.717, 1.165) is 6.42 Å². The Morgan fingerprint density at radius 2 is 1.83 bits per heavy atom. The highest BCUT2D eigenvalue weighted by Crippen LogP contribution is 2.13. The van der Waals surface area contributed by atoms with E-state index in [2.05, 4.69) is 16.0 Å². The lowest BCUT2D eigenvalue weighted by molar-refractivity contribution is -0.120. The van der Waals surface area contributed by atoms with E-state index >= 15 is 0 Å². The number of carbonyl (C=O) groups excluding carboxylic acids is 3. The smallest absolute Gasteiger partial charge is 0.412 e. The van der Waals surface area contributed by atoms with Crippen LogP contribution in [-0.4, -0.2) is 36.6 Å². The molecule has 0 heterocycles. The molecule has 0 aliphatic heterocycles. The van der Waals surface area contributed by atoms with E-state index < -0.39 is 17.6 Å². The Hall–Kier alpha value is -2.57. The molecule has 0 unspecified atom stereocenters. The number of amides is 3. The number of anilines is 1. The van der Waals surface area contributed by atoms with Crippen LogP contribution in [0.3, 0.4) is 0 Å². The van der Waals surface area contributed by atoms with Gasteiger partial charge in [-0.05, 0) is 45.4 Å². The molecule has 1 aromatic carbocycles. The monoisotopic (exact) mass is 335 g/mol. The van der Waals surface area contributed by atoms with Gasteiger partial charge in [0, 0.05) is 17.8 Å². The van der Waals surface area contributed by atoms with Crippen LogP contribution in [-0.2, 0) is 9.53 Å². The average Bonchev–Trinajstić information content (AvgIpc) is 2.48. The van der Waals surface area contributed by atoms with Crippen LogP contribution in [0.15, 0.2) is 24.3 Å². The first-order valence-electron chi connectivity index (χ1n) is 7.86. The molecule has 0 bridgehead atoms. The topological polar surface area (TPSA) is 96.5 Å². The fourth-order valence-electron chi connectivity index (χ4n) is 1.75. The number of ether oxygens (including phenoxy) is 1. The summed E-state index contributed by atoms with van der Waals surface area (Å²) in [6.07, 6.45) is 0.233. The fourth-order valence-corrected chi connectivity index (χ4v) is 1.75. The summed E-state index contributed by atoms with van der Waals surface area (Å²) in [5.74, 6) is -0.636. The quantitative estimate of drug-likeness (QED) is 0.743. The van der Waals surface area contributed by atoms with Crippen molar-refractivity contribution in [1.82, 2.24) is 10.6 Å². The highest BCUT2D eigenvalue weighted by atomic mass is 16.6. The van der Waals surface area contributed by atoms with Crippen LogP contribution in [0.1, 0.15) is 44.5 Å². The second-order valence-electron chi connectivity index (χ2n) is 6.24. The van der Waals surface area contributed by atoms with Crippen LogP contribution < -0.4 is 16.0 Å². The summed E-state index contributed by atoms with van der Waals surface area (Å²) in [4.78, 5) is 35.3. The van der Waals surface area contributed by atoms with Crippen molar-refractivity contribution in [2.45, 2.75) is 39.7 Å². The van der Waals surface area contributed by atoms with Crippen LogP contribution in [0.5, 0.6) is 0 Å². The summed E-state index contributed by atoms with van der Waals surface area (Å²) in [5.41, 5.74) is 0.171. The molecule has 0 aromatic heterocycles. The molecule has 3 N–H and O–H groups in total. The standard InChI is InChI=1S/C17H25N3O4/c1-5-9-18-14(21)11-19-15(22)12-7-6-8-13(10-12)20-16(23)24-17(2,3)4/h6-8,10H,5,9,11H2,1-4H3,(H,18,21)(H,19,22)(H,20,23). The van der Waals surface area contributed by atoms with E-state index in [1.54, 1.807) is 39.0 Å². The first kappa shape index (κ1) is 19.5. The lowest BCUT2D eigenvalue weighted by Crippen LogP contribution is -2.37. The zero-order chi connectivity index (χ0) is 18.2. The molecule has 1 aromatic rings. The molecule has 0 saturated heterocycles. The van der Waals surface area contributed by atoms with Gasteiger partial charge < -0.3 is 15.4 Å². The third kappa shape index (κ3) is 7.62. The van der Waals surface area contributed by atoms with Gasteiger partial charge in [-0.2, -0.15) is 0 Å². The molecule has 24 heavy (non-hydrogen) atoms. The summed E-state index contributed by atoms with van der Waals surface area (Å²) in [5, 5.41) is 7.77. The van der Waals surface area contributed by atoms with Crippen molar-refractivity contribution < 1.29 is 19.1 Å². The van der Waals surface area contributed by atoms with Crippen molar-refractivity contribution in [3.05, 3.63) is 29.8 Å². The highest BCUT2D eigenvalue weighted by Gasteiger charge is 2.16. The molecule has 0 aliphatic rings. The lowest BCUT2D eigenvalue weighted by Gasteiger charge is -2.19. The van der Waals surface area contributed by atoms with Crippen molar-refractivity contribution in [1.29, 1.82) is 0 Å². The minimum atomic E-state index is -0.606. The van der Waals surface area contributed by atoms with Gasteiger partial charge >= 0.3 is 6.09 Å². The molecule has 0 radical (unpaired) electrons. The number of carbonyl (C=O) groups is 3. The predicted molar refractivity (Wildman–Crippen MR) is 91.9 cm³/mol. The van der Waals surface area contributed by atoms with Crippen molar-refractivity contribution in [3.63, 3.8) is 0 Å². The third-order valence-corrected chi connectivity index (χ3v) is 2.75. The zero-order valence-electron chi connectivity index (χ0n) is 14.6. The Balaban J connectivity index is 2.59. The molecule has 0 spiro atoms. The maximum absolute atomic E-state index is 12.1. The Kier molecular flexibility index (Phi) is 7.23. The Morgan fingerprint density at radius 1 is 1.12 bits per heavy atom. The van der Waals surface area contributed by atoms with E-state index in [1.165, 1.54) is 6.07 Å². The SMILES string of the molecule is CCCNC(=O)CNC(=O)c1cccc(NC(=O)OC(C)(C)C)c1. The van der Waals surface area contributed by atoms with Crippen LogP contribution in [0.2, 0.25) is 0 Å². The van der Waals surface area contributed by atoms with E-state index in [4.69, 9.17) is 4.74 Å². The number of benzene rings is 1. The van der Waals surface area contributed by atoms with Gasteiger partial charge in [-0.15, -0.1) is 0 Å². The number of nitrogens with one attached hydrogen (secondary N) is 3. The van der Waals surface area contributed by atoms with Crippen molar-refractivity contribution >= 4 is 23.6 Å². The van der Waals surface area contributed by atoms with E-state index in [1.807, 2.05) is 6.92 Å². The summed E-state index contributed by atoms with van der Waals surface area (Å²) >= 11 is 0. The Bertz CT molecular complexity index is 594. The Labute approximate surface area is 142 Å². The molecule has 1 rings (SSSR count). The normalized spacial score (nSPS) is 10.7. The maximum atomic E-state index is 12.1. The van der Waals surface area contributed by atoms with Crippen LogP contribution in [0.25, 0.3) is 0 Å². The van der Waals surface area contributed by atoms with Gasteiger partial charge in [-0.25, -0.2) is 4.79 Å². The minimum Gasteiger partial charge on any atom is -0.444 e.